The molecule has 0 amide bonds. The molecule has 0 spiro atoms. The van der Waals surface area contributed by atoms with Gasteiger partial charge in [-0.25, -0.2) is 4.98 Å². The largest absolute Gasteiger partial charge is 0.337 e. The Balaban J connectivity index is 1.55. The van der Waals surface area contributed by atoms with Gasteiger partial charge in [0.1, 0.15) is 0 Å². The van der Waals surface area contributed by atoms with E-state index < -0.39 is 0 Å². The predicted molar refractivity (Wildman–Crippen MR) is 84.5 cm³/mol. The van der Waals surface area contributed by atoms with Crippen LogP contribution in [0.4, 0.5) is 0 Å². The fourth-order valence-corrected chi connectivity index (χ4v) is 2.77. The summed E-state index contributed by atoms with van der Waals surface area (Å²) in [6.07, 6.45) is 13.5. The summed E-state index contributed by atoms with van der Waals surface area (Å²) in [7, 11) is 0. The van der Waals surface area contributed by atoms with Crippen molar-refractivity contribution in [1.82, 2.24) is 19.3 Å². The van der Waals surface area contributed by atoms with Gasteiger partial charge < -0.3 is 4.57 Å². The van der Waals surface area contributed by atoms with Crippen molar-refractivity contribution in [2.45, 2.75) is 70.9 Å². The lowest BCUT2D eigenvalue weighted by Crippen LogP contribution is -2.17. The molecular formula is C17H26N4. The molecule has 1 atom stereocenters. The van der Waals surface area contributed by atoms with Gasteiger partial charge in [0.05, 0.1) is 24.3 Å². The van der Waals surface area contributed by atoms with Gasteiger partial charge in [0.25, 0.3) is 0 Å². The van der Waals surface area contributed by atoms with Gasteiger partial charge in [-0.1, -0.05) is 20.8 Å². The molecule has 1 saturated carbocycles. The first-order valence-corrected chi connectivity index (χ1v) is 8.19. The lowest BCUT2D eigenvalue weighted by molar-refractivity contribution is 0.289. The van der Waals surface area contributed by atoms with Crippen LogP contribution >= 0.6 is 0 Å². The average molecular weight is 286 g/mol. The summed E-state index contributed by atoms with van der Waals surface area (Å²) >= 11 is 0. The van der Waals surface area contributed by atoms with E-state index in [1.165, 1.54) is 30.5 Å². The van der Waals surface area contributed by atoms with Crippen molar-refractivity contribution in [2.24, 2.45) is 0 Å². The second kappa shape index (κ2) is 6.04. The summed E-state index contributed by atoms with van der Waals surface area (Å²) in [5.74, 6) is 1.05. The number of aromatic nitrogens is 4. The molecule has 0 aromatic carbocycles. The number of rotatable bonds is 6. The van der Waals surface area contributed by atoms with Crippen LogP contribution in [0, 0.1) is 0 Å². The number of nitrogens with zero attached hydrogens (tertiary/aromatic N) is 4. The van der Waals surface area contributed by atoms with Crippen LogP contribution in [0.15, 0.2) is 24.9 Å². The van der Waals surface area contributed by atoms with E-state index in [4.69, 9.17) is 0 Å². The highest BCUT2D eigenvalue weighted by Crippen LogP contribution is 2.32. The van der Waals surface area contributed by atoms with E-state index in [1.54, 1.807) is 0 Å². The molecule has 0 saturated heterocycles. The van der Waals surface area contributed by atoms with Gasteiger partial charge in [-0.2, -0.15) is 5.10 Å². The highest BCUT2D eigenvalue weighted by Gasteiger charge is 2.20. The maximum atomic E-state index is 4.54. The maximum Gasteiger partial charge on any atom is 0.0949 e. The molecule has 2 heterocycles. The molecule has 3 rings (SSSR count). The molecule has 1 unspecified atom stereocenters. The van der Waals surface area contributed by atoms with E-state index in [0.29, 0.717) is 17.9 Å². The first-order valence-electron chi connectivity index (χ1n) is 8.19. The minimum atomic E-state index is 0.504. The zero-order chi connectivity index (χ0) is 14.8. The average Bonchev–Trinajstić information content (AvgIpc) is 3.02. The third-order valence-electron chi connectivity index (χ3n) is 4.70. The van der Waals surface area contributed by atoms with E-state index in [-0.39, 0.29) is 0 Å². The molecule has 21 heavy (non-hydrogen) atoms. The van der Waals surface area contributed by atoms with Crippen molar-refractivity contribution in [1.29, 1.82) is 0 Å². The Hall–Kier alpha value is -1.58. The third-order valence-corrected chi connectivity index (χ3v) is 4.70. The van der Waals surface area contributed by atoms with Crippen molar-refractivity contribution in [3.63, 3.8) is 0 Å². The number of hydrogen-bond acceptors (Lipinski definition) is 2. The molecule has 1 fully saturated rings. The molecule has 1 aliphatic rings. The summed E-state index contributed by atoms with van der Waals surface area (Å²) in [6, 6.07) is 0.660. The van der Waals surface area contributed by atoms with Gasteiger partial charge in [0.2, 0.25) is 0 Å². The topological polar surface area (TPSA) is 35.6 Å². The van der Waals surface area contributed by atoms with E-state index in [9.17, 15) is 0 Å². The molecule has 0 radical (unpaired) electrons. The summed E-state index contributed by atoms with van der Waals surface area (Å²) in [6.45, 7) is 7.69. The molecule has 2 aromatic rings. The molecular weight excluding hydrogens is 260 g/mol. The van der Waals surface area contributed by atoms with Crippen LogP contribution < -0.4 is 0 Å². The van der Waals surface area contributed by atoms with Crippen LogP contribution in [0.2, 0.25) is 0 Å². The molecule has 4 nitrogen and oxygen atoms in total. The van der Waals surface area contributed by atoms with E-state index in [1.807, 2.05) is 6.33 Å². The Morgan fingerprint density at radius 2 is 2.05 bits per heavy atom. The normalized spacial score (nSPS) is 17.1. The van der Waals surface area contributed by atoms with Crippen LogP contribution in [-0.4, -0.2) is 19.3 Å². The Labute approximate surface area is 127 Å². The lowest BCUT2D eigenvalue weighted by Gasteiger charge is -2.25. The zero-order valence-corrected chi connectivity index (χ0v) is 13.4. The molecule has 114 valence electrons. The fraction of sp³-hybridized carbons (Fsp3) is 0.647. The van der Waals surface area contributed by atoms with Gasteiger partial charge in [-0.05, 0) is 43.1 Å². The van der Waals surface area contributed by atoms with Crippen LogP contribution in [0.5, 0.6) is 0 Å². The van der Waals surface area contributed by atoms with Crippen LogP contribution in [0.1, 0.15) is 75.6 Å². The van der Waals surface area contributed by atoms with E-state index in [2.05, 4.69) is 58.7 Å². The Morgan fingerprint density at radius 1 is 1.24 bits per heavy atom. The summed E-state index contributed by atoms with van der Waals surface area (Å²) < 4.78 is 4.38. The molecule has 0 aliphatic heterocycles. The summed E-state index contributed by atoms with van der Waals surface area (Å²) in [5, 5.41) is 4.54. The van der Waals surface area contributed by atoms with Gasteiger partial charge >= 0.3 is 0 Å². The first-order chi connectivity index (χ1) is 10.1. The Morgan fingerprint density at radius 3 is 2.67 bits per heavy atom. The quantitative estimate of drug-likeness (QED) is 0.800. The number of aryl methyl sites for hydroxylation is 1. The minimum absolute atomic E-state index is 0.504. The standard InChI is InChI=1S/C17H26N4/c1-13(2)17-11-20(12-18-17)8-7-14(3)15-9-19-21(10-15)16-5-4-6-16/h9-14,16H,4-8H2,1-3H3. The molecule has 2 aromatic heterocycles. The second-order valence-electron chi connectivity index (χ2n) is 6.72. The van der Waals surface area contributed by atoms with E-state index in [0.717, 1.165) is 13.0 Å². The Kier molecular flexibility index (Phi) is 4.13. The van der Waals surface area contributed by atoms with Crippen LogP contribution in [0.3, 0.4) is 0 Å². The van der Waals surface area contributed by atoms with Gasteiger partial charge in [-0.3, -0.25) is 4.68 Å². The van der Waals surface area contributed by atoms with Crippen molar-refractivity contribution < 1.29 is 0 Å². The van der Waals surface area contributed by atoms with Gasteiger partial charge in [-0.15, -0.1) is 0 Å². The Bertz CT molecular complexity index is 577. The van der Waals surface area contributed by atoms with Crippen molar-refractivity contribution >= 4 is 0 Å². The van der Waals surface area contributed by atoms with Crippen molar-refractivity contribution in [2.75, 3.05) is 0 Å². The monoisotopic (exact) mass is 286 g/mol. The molecule has 1 aliphatic carbocycles. The van der Waals surface area contributed by atoms with Crippen molar-refractivity contribution in [3.8, 4) is 0 Å². The van der Waals surface area contributed by atoms with E-state index >= 15 is 0 Å². The highest BCUT2D eigenvalue weighted by atomic mass is 15.3. The van der Waals surface area contributed by atoms with Crippen LogP contribution in [-0.2, 0) is 6.54 Å². The molecule has 0 N–H and O–H groups in total. The fourth-order valence-electron chi connectivity index (χ4n) is 2.77. The number of imidazole rings is 1. The van der Waals surface area contributed by atoms with Crippen LogP contribution in [0.25, 0.3) is 0 Å². The molecule has 0 bridgehead atoms. The third kappa shape index (κ3) is 3.20. The lowest BCUT2D eigenvalue weighted by atomic mass is 9.93. The summed E-state index contributed by atoms with van der Waals surface area (Å²) in [5.41, 5.74) is 2.55. The zero-order valence-electron chi connectivity index (χ0n) is 13.4. The summed E-state index contributed by atoms with van der Waals surface area (Å²) in [4.78, 5) is 4.46. The van der Waals surface area contributed by atoms with Gasteiger partial charge in [0, 0.05) is 18.9 Å². The SMILES string of the molecule is CC(C)c1cn(CCC(C)c2cnn(C3CCC3)c2)cn1. The maximum absolute atomic E-state index is 4.54. The predicted octanol–water partition coefficient (Wildman–Crippen LogP) is 4.12. The first kappa shape index (κ1) is 14.4. The van der Waals surface area contributed by atoms with Crippen molar-refractivity contribution in [3.05, 3.63) is 36.2 Å². The number of hydrogen-bond donors (Lipinski definition) is 0. The smallest absolute Gasteiger partial charge is 0.0949 e. The molecule has 4 heteroatoms. The second-order valence-corrected chi connectivity index (χ2v) is 6.72. The van der Waals surface area contributed by atoms with Gasteiger partial charge in [0.15, 0.2) is 0 Å². The highest BCUT2D eigenvalue weighted by molar-refractivity contribution is 5.11. The minimum Gasteiger partial charge on any atom is -0.337 e.